The molecular weight excluding hydrogens is 354 g/mol. The smallest absolute Gasteiger partial charge is 0.227 e. The first-order valence-electron chi connectivity index (χ1n) is 9.62. The van der Waals surface area contributed by atoms with Gasteiger partial charge in [0, 0.05) is 37.8 Å². The lowest BCUT2D eigenvalue weighted by atomic mass is 10.1. The summed E-state index contributed by atoms with van der Waals surface area (Å²) >= 11 is 0. The number of aromatic nitrogens is 3. The van der Waals surface area contributed by atoms with Crippen LogP contribution in [0, 0.1) is 5.92 Å². The summed E-state index contributed by atoms with van der Waals surface area (Å²) in [4.78, 5) is 26.8. The molecule has 0 radical (unpaired) electrons. The van der Waals surface area contributed by atoms with Crippen LogP contribution in [-0.2, 0) is 22.4 Å². The molecule has 1 aliphatic rings. The van der Waals surface area contributed by atoms with Crippen molar-refractivity contribution in [3.63, 3.8) is 0 Å². The molecule has 1 saturated heterocycles. The van der Waals surface area contributed by atoms with Gasteiger partial charge in [-0.15, -0.1) is 10.2 Å². The molecule has 0 bridgehead atoms. The van der Waals surface area contributed by atoms with Crippen LogP contribution >= 0.6 is 0 Å². The number of rotatable bonds is 6. The first kappa shape index (κ1) is 18.2. The predicted molar refractivity (Wildman–Crippen MR) is 106 cm³/mol. The number of nitrogens with zero attached hydrogens (tertiary/aromatic N) is 4. The van der Waals surface area contributed by atoms with Crippen LogP contribution in [-0.4, -0.2) is 39.5 Å². The molecule has 0 saturated carbocycles. The molecule has 144 valence electrons. The topological polar surface area (TPSA) is 79.6 Å². The molecule has 3 heterocycles. The summed E-state index contributed by atoms with van der Waals surface area (Å²) in [5, 5.41) is 11.2. The van der Waals surface area contributed by atoms with Crippen LogP contribution in [0.25, 0.3) is 5.65 Å². The van der Waals surface area contributed by atoms with Gasteiger partial charge in [0.1, 0.15) is 5.82 Å². The Hall–Kier alpha value is -3.22. The van der Waals surface area contributed by atoms with E-state index in [1.54, 1.807) is 4.90 Å². The van der Waals surface area contributed by atoms with Gasteiger partial charge in [0.2, 0.25) is 11.8 Å². The minimum atomic E-state index is -0.326. The number of pyridine rings is 1. The second-order valence-corrected chi connectivity index (χ2v) is 6.97. The molecular formula is C21H23N5O2. The average Bonchev–Trinajstić information content (AvgIpc) is 3.31. The molecule has 2 aromatic heterocycles. The van der Waals surface area contributed by atoms with Crippen LogP contribution < -0.4 is 10.2 Å². The zero-order valence-electron chi connectivity index (χ0n) is 15.8. The Balaban J connectivity index is 1.36. The number of hydrogen-bond donors (Lipinski definition) is 1. The highest BCUT2D eigenvalue weighted by Gasteiger charge is 2.35. The highest BCUT2D eigenvalue weighted by molar-refractivity contribution is 6.00. The Labute approximate surface area is 163 Å². The Kier molecular flexibility index (Phi) is 5.06. The molecule has 1 aromatic carbocycles. The van der Waals surface area contributed by atoms with E-state index in [2.05, 4.69) is 22.4 Å². The number of hydrogen-bond acceptors (Lipinski definition) is 4. The molecule has 7 heteroatoms. The number of nitrogens with one attached hydrogen (secondary N) is 1. The third-order valence-corrected chi connectivity index (χ3v) is 5.19. The summed E-state index contributed by atoms with van der Waals surface area (Å²) in [7, 11) is 0. The fraction of sp³-hybridized carbons (Fsp3) is 0.333. The Bertz CT molecular complexity index is 1010. The van der Waals surface area contributed by atoms with E-state index in [0.29, 0.717) is 19.5 Å². The number of carbonyl (C=O) groups excluding carboxylic acids is 2. The molecule has 1 fully saturated rings. The number of carbonyl (C=O) groups is 2. The van der Waals surface area contributed by atoms with E-state index in [1.807, 2.05) is 53.1 Å². The summed E-state index contributed by atoms with van der Waals surface area (Å²) in [6.07, 6.45) is 3.59. The summed E-state index contributed by atoms with van der Waals surface area (Å²) in [6, 6.07) is 13.6. The van der Waals surface area contributed by atoms with E-state index in [0.717, 1.165) is 29.1 Å². The molecule has 4 rings (SSSR count). The van der Waals surface area contributed by atoms with Crippen molar-refractivity contribution in [3.8, 4) is 0 Å². The molecule has 1 aliphatic heterocycles. The van der Waals surface area contributed by atoms with Gasteiger partial charge in [0.05, 0.1) is 5.92 Å². The molecule has 28 heavy (non-hydrogen) atoms. The quantitative estimate of drug-likeness (QED) is 0.713. The lowest BCUT2D eigenvalue weighted by Crippen LogP contribution is -2.34. The fourth-order valence-corrected chi connectivity index (χ4v) is 3.69. The highest BCUT2D eigenvalue weighted by Crippen LogP contribution is 2.28. The maximum atomic E-state index is 12.6. The average molecular weight is 377 g/mol. The van der Waals surface area contributed by atoms with Crippen molar-refractivity contribution in [2.24, 2.45) is 5.92 Å². The lowest BCUT2D eigenvalue weighted by molar-refractivity contribution is -0.126. The van der Waals surface area contributed by atoms with Gasteiger partial charge >= 0.3 is 0 Å². The molecule has 2 amide bonds. The van der Waals surface area contributed by atoms with E-state index in [9.17, 15) is 9.59 Å². The summed E-state index contributed by atoms with van der Waals surface area (Å²) in [6.45, 7) is 2.96. The van der Waals surface area contributed by atoms with Gasteiger partial charge in [-0.25, -0.2) is 0 Å². The maximum absolute atomic E-state index is 12.6. The van der Waals surface area contributed by atoms with Gasteiger partial charge in [0.15, 0.2) is 5.65 Å². The first-order chi connectivity index (χ1) is 13.7. The SMILES string of the molecule is CCc1ccccc1N1CC(C(=O)NCCc2nnc3ccccn23)CC1=O. The van der Waals surface area contributed by atoms with E-state index in [-0.39, 0.29) is 24.2 Å². The van der Waals surface area contributed by atoms with Crippen LogP contribution in [0.1, 0.15) is 24.7 Å². The number of fused-ring (bicyclic) bond motifs is 1. The van der Waals surface area contributed by atoms with Crippen molar-refractivity contribution < 1.29 is 9.59 Å². The van der Waals surface area contributed by atoms with Gasteiger partial charge < -0.3 is 10.2 Å². The van der Waals surface area contributed by atoms with Crippen LogP contribution in [0.5, 0.6) is 0 Å². The monoisotopic (exact) mass is 377 g/mol. The summed E-state index contributed by atoms with van der Waals surface area (Å²) in [5.41, 5.74) is 2.83. The summed E-state index contributed by atoms with van der Waals surface area (Å²) in [5.74, 6) is 0.396. The molecule has 1 atom stereocenters. The molecule has 0 spiro atoms. The largest absolute Gasteiger partial charge is 0.355 e. The Morgan fingerprint density at radius 2 is 2.00 bits per heavy atom. The summed E-state index contributed by atoms with van der Waals surface area (Å²) < 4.78 is 1.91. The highest BCUT2D eigenvalue weighted by atomic mass is 16.2. The van der Waals surface area contributed by atoms with Gasteiger partial charge in [-0.2, -0.15) is 0 Å². The van der Waals surface area contributed by atoms with Gasteiger partial charge in [-0.3, -0.25) is 14.0 Å². The second kappa shape index (κ2) is 7.80. The van der Waals surface area contributed by atoms with Gasteiger partial charge in [0.25, 0.3) is 0 Å². The van der Waals surface area contributed by atoms with Crippen molar-refractivity contribution in [1.29, 1.82) is 0 Å². The zero-order valence-corrected chi connectivity index (χ0v) is 15.8. The molecule has 1 N–H and O–H groups in total. The van der Waals surface area contributed by atoms with E-state index < -0.39 is 0 Å². The van der Waals surface area contributed by atoms with Crippen LogP contribution in [0.3, 0.4) is 0 Å². The van der Waals surface area contributed by atoms with Crippen molar-refractivity contribution in [3.05, 3.63) is 60.0 Å². The van der Waals surface area contributed by atoms with E-state index in [4.69, 9.17) is 0 Å². The second-order valence-electron chi connectivity index (χ2n) is 6.97. The minimum Gasteiger partial charge on any atom is -0.355 e. The van der Waals surface area contributed by atoms with E-state index in [1.165, 1.54) is 0 Å². The van der Waals surface area contributed by atoms with Gasteiger partial charge in [-0.1, -0.05) is 31.2 Å². The lowest BCUT2D eigenvalue weighted by Gasteiger charge is -2.19. The van der Waals surface area contributed by atoms with Crippen molar-refractivity contribution in [1.82, 2.24) is 19.9 Å². The standard InChI is InChI=1S/C21H23N5O2/c1-2-15-7-3-4-8-17(15)26-14-16(13-20(26)27)21(28)22-11-10-19-24-23-18-9-5-6-12-25(18)19/h3-9,12,16H,2,10-11,13-14H2,1H3,(H,22,28). The number of benzene rings is 1. The third-order valence-electron chi connectivity index (χ3n) is 5.19. The van der Waals surface area contributed by atoms with Crippen molar-refractivity contribution >= 4 is 23.1 Å². The number of aryl methyl sites for hydroxylation is 1. The number of para-hydroxylation sites is 1. The fourth-order valence-electron chi connectivity index (χ4n) is 3.69. The molecule has 3 aromatic rings. The number of amides is 2. The number of anilines is 1. The first-order valence-corrected chi connectivity index (χ1v) is 9.62. The van der Waals surface area contributed by atoms with Crippen LogP contribution in [0.15, 0.2) is 48.7 Å². The normalized spacial score (nSPS) is 16.7. The van der Waals surface area contributed by atoms with Crippen LogP contribution in [0.2, 0.25) is 0 Å². The predicted octanol–water partition coefficient (Wildman–Crippen LogP) is 2.00. The minimum absolute atomic E-state index is 0.00417. The van der Waals surface area contributed by atoms with Crippen molar-refractivity contribution in [2.45, 2.75) is 26.2 Å². The van der Waals surface area contributed by atoms with E-state index >= 15 is 0 Å². The Morgan fingerprint density at radius 3 is 2.86 bits per heavy atom. The zero-order chi connectivity index (χ0) is 19.5. The van der Waals surface area contributed by atoms with Crippen molar-refractivity contribution in [2.75, 3.05) is 18.0 Å². The third kappa shape index (κ3) is 3.47. The molecule has 0 aliphatic carbocycles. The van der Waals surface area contributed by atoms with Gasteiger partial charge in [-0.05, 0) is 30.2 Å². The molecule has 7 nitrogen and oxygen atoms in total. The molecule has 1 unspecified atom stereocenters. The van der Waals surface area contributed by atoms with Crippen LogP contribution in [0.4, 0.5) is 5.69 Å². The maximum Gasteiger partial charge on any atom is 0.227 e. The Morgan fingerprint density at radius 1 is 1.18 bits per heavy atom.